The van der Waals surface area contributed by atoms with Crippen LogP contribution in [0.3, 0.4) is 0 Å². The minimum atomic E-state index is -0.546. The van der Waals surface area contributed by atoms with Crippen molar-refractivity contribution in [2.75, 3.05) is 0 Å². The van der Waals surface area contributed by atoms with Gasteiger partial charge in [0.15, 0.2) is 0 Å². The SMILES string of the molecule is O=C1S/C(=C/c2ccn(-c3ccccc3)c2)C(=O)N1Cc1c(F)cccc1Cl. The molecule has 1 aliphatic heterocycles. The van der Waals surface area contributed by atoms with Crippen LogP contribution >= 0.6 is 23.4 Å². The molecule has 140 valence electrons. The molecule has 1 aromatic heterocycles. The average Bonchev–Trinajstić information content (AvgIpc) is 3.25. The van der Waals surface area contributed by atoms with Crippen LogP contribution < -0.4 is 0 Å². The van der Waals surface area contributed by atoms with Crippen LogP contribution in [0.2, 0.25) is 5.02 Å². The molecule has 1 aliphatic rings. The number of hydrogen-bond donors (Lipinski definition) is 0. The number of para-hydroxylation sites is 1. The van der Waals surface area contributed by atoms with E-state index in [-0.39, 0.29) is 17.1 Å². The second kappa shape index (κ2) is 7.66. The second-order valence-corrected chi connectivity index (χ2v) is 7.56. The monoisotopic (exact) mass is 412 g/mol. The van der Waals surface area contributed by atoms with Crippen LogP contribution in [0.1, 0.15) is 11.1 Å². The Hall–Kier alpha value is -2.83. The lowest BCUT2D eigenvalue weighted by Crippen LogP contribution is -2.28. The van der Waals surface area contributed by atoms with Crippen molar-refractivity contribution in [1.82, 2.24) is 9.47 Å². The van der Waals surface area contributed by atoms with Crippen LogP contribution in [0, 0.1) is 5.82 Å². The number of hydrogen-bond acceptors (Lipinski definition) is 3. The first-order valence-corrected chi connectivity index (χ1v) is 9.64. The molecule has 0 N–H and O–H groups in total. The third-order valence-corrected chi connectivity index (χ3v) is 5.58. The van der Waals surface area contributed by atoms with Crippen molar-refractivity contribution in [2.24, 2.45) is 0 Å². The summed E-state index contributed by atoms with van der Waals surface area (Å²) in [6.45, 7) is -0.196. The highest BCUT2D eigenvalue weighted by molar-refractivity contribution is 8.18. The smallest absolute Gasteiger partial charge is 0.293 e. The molecule has 2 heterocycles. The molecule has 0 aliphatic carbocycles. The van der Waals surface area contributed by atoms with Crippen molar-refractivity contribution in [3.8, 4) is 5.69 Å². The first-order chi connectivity index (χ1) is 13.5. The van der Waals surface area contributed by atoms with Gasteiger partial charge in [-0.25, -0.2) is 4.39 Å². The van der Waals surface area contributed by atoms with E-state index in [0.29, 0.717) is 4.91 Å². The number of carbonyl (C=O) groups excluding carboxylic acids is 2. The van der Waals surface area contributed by atoms with Crippen molar-refractivity contribution < 1.29 is 14.0 Å². The van der Waals surface area contributed by atoms with Crippen molar-refractivity contribution in [1.29, 1.82) is 0 Å². The normalized spacial score (nSPS) is 15.6. The summed E-state index contributed by atoms with van der Waals surface area (Å²) in [7, 11) is 0. The minimum Gasteiger partial charge on any atom is -0.323 e. The van der Waals surface area contributed by atoms with Gasteiger partial charge in [0.2, 0.25) is 0 Å². The molecule has 1 fully saturated rings. The van der Waals surface area contributed by atoms with Gasteiger partial charge >= 0.3 is 0 Å². The number of imide groups is 1. The zero-order valence-electron chi connectivity index (χ0n) is 14.5. The van der Waals surface area contributed by atoms with Crippen LogP contribution in [0.15, 0.2) is 71.9 Å². The highest BCUT2D eigenvalue weighted by Crippen LogP contribution is 2.34. The van der Waals surface area contributed by atoms with Crippen molar-refractivity contribution in [3.05, 3.63) is 93.9 Å². The van der Waals surface area contributed by atoms with E-state index >= 15 is 0 Å². The quantitative estimate of drug-likeness (QED) is 0.531. The lowest BCUT2D eigenvalue weighted by molar-refractivity contribution is -0.123. The Morgan fingerprint density at radius 1 is 1.04 bits per heavy atom. The van der Waals surface area contributed by atoms with Crippen LogP contribution in [-0.2, 0) is 11.3 Å². The maximum Gasteiger partial charge on any atom is 0.293 e. The van der Waals surface area contributed by atoms with Crippen molar-refractivity contribution in [3.63, 3.8) is 0 Å². The van der Waals surface area contributed by atoms with E-state index in [9.17, 15) is 14.0 Å². The molecule has 2 amide bonds. The molecule has 4 rings (SSSR count). The summed E-state index contributed by atoms with van der Waals surface area (Å²) >= 11 is 6.85. The van der Waals surface area contributed by atoms with E-state index in [1.807, 2.05) is 53.4 Å². The summed E-state index contributed by atoms with van der Waals surface area (Å²) < 4.78 is 15.9. The molecule has 7 heteroatoms. The Labute approximate surface area is 170 Å². The van der Waals surface area contributed by atoms with E-state index in [4.69, 9.17) is 11.6 Å². The summed E-state index contributed by atoms with van der Waals surface area (Å²) in [4.78, 5) is 26.3. The van der Waals surface area contributed by atoms with Crippen LogP contribution in [0.25, 0.3) is 11.8 Å². The molecule has 0 spiro atoms. The van der Waals surface area contributed by atoms with E-state index in [0.717, 1.165) is 27.9 Å². The molecule has 0 unspecified atom stereocenters. The molecule has 1 saturated heterocycles. The van der Waals surface area contributed by atoms with Crippen molar-refractivity contribution >= 4 is 40.6 Å². The highest BCUT2D eigenvalue weighted by atomic mass is 35.5. The summed E-state index contributed by atoms with van der Waals surface area (Å²) in [6, 6.07) is 15.9. The standard InChI is InChI=1S/C21H14ClFN2O2S/c22-17-7-4-8-18(23)16(17)13-25-20(26)19(28-21(25)27)11-14-9-10-24(12-14)15-5-2-1-3-6-15/h1-12H,13H2/b19-11+. The highest BCUT2D eigenvalue weighted by Gasteiger charge is 2.35. The number of aromatic nitrogens is 1. The molecular weight excluding hydrogens is 399 g/mol. The number of benzene rings is 2. The summed E-state index contributed by atoms with van der Waals surface area (Å²) in [6.07, 6.45) is 5.41. The lowest BCUT2D eigenvalue weighted by Gasteiger charge is -2.14. The molecule has 3 aromatic rings. The Balaban J connectivity index is 1.57. The maximum atomic E-state index is 14.0. The summed E-state index contributed by atoms with van der Waals surface area (Å²) in [5.74, 6) is -1.00. The number of halogens is 2. The second-order valence-electron chi connectivity index (χ2n) is 6.16. The van der Waals surface area contributed by atoms with E-state index < -0.39 is 17.0 Å². The fourth-order valence-corrected chi connectivity index (χ4v) is 3.95. The number of rotatable bonds is 4. The van der Waals surface area contributed by atoms with E-state index in [1.165, 1.54) is 18.2 Å². The third-order valence-electron chi connectivity index (χ3n) is 4.32. The zero-order chi connectivity index (χ0) is 19.7. The van der Waals surface area contributed by atoms with Crippen LogP contribution in [-0.4, -0.2) is 20.6 Å². The Bertz CT molecular complexity index is 1070. The minimum absolute atomic E-state index is 0.128. The van der Waals surface area contributed by atoms with Crippen molar-refractivity contribution in [2.45, 2.75) is 6.54 Å². The van der Waals surface area contributed by atoms with Gasteiger partial charge in [0, 0.05) is 28.7 Å². The van der Waals surface area contributed by atoms with Gasteiger partial charge in [0.05, 0.1) is 11.4 Å². The van der Waals surface area contributed by atoms with Gasteiger partial charge in [-0.1, -0.05) is 35.9 Å². The first kappa shape index (κ1) is 18.5. The molecule has 0 radical (unpaired) electrons. The molecule has 2 aromatic carbocycles. The largest absolute Gasteiger partial charge is 0.323 e. The Kier molecular flexibility index (Phi) is 5.07. The predicted molar refractivity (Wildman–Crippen MR) is 109 cm³/mol. The van der Waals surface area contributed by atoms with Crippen LogP contribution in [0.4, 0.5) is 9.18 Å². The summed E-state index contributed by atoms with van der Waals surface area (Å²) in [5, 5.41) is -0.263. The first-order valence-electron chi connectivity index (χ1n) is 8.44. The van der Waals surface area contributed by atoms with Gasteiger partial charge in [-0.05, 0) is 53.7 Å². The van der Waals surface area contributed by atoms with Gasteiger partial charge in [-0.15, -0.1) is 0 Å². The molecular formula is C21H14ClFN2O2S. The van der Waals surface area contributed by atoms with Gasteiger partial charge in [0.1, 0.15) is 5.82 Å². The number of amides is 2. The van der Waals surface area contributed by atoms with Gasteiger partial charge in [-0.3, -0.25) is 14.5 Å². The molecule has 0 saturated carbocycles. The van der Waals surface area contributed by atoms with Gasteiger partial charge < -0.3 is 4.57 Å². The number of thioether (sulfide) groups is 1. The zero-order valence-corrected chi connectivity index (χ0v) is 16.1. The molecule has 4 nitrogen and oxygen atoms in total. The topological polar surface area (TPSA) is 42.3 Å². The van der Waals surface area contributed by atoms with Gasteiger partial charge in [0.25, 0.3) is 11.1 Å². The third kappa shape index (κ3) is 3.61. The fourth-order valence-electron chi connectivity index (χ4n) is 2.89. The summed E-state index contributed by atoms with van der Waals surface area (Å²) in [5.41, 5.74) is 1.91. The lowest BCUT2D eigenvalue weighted by atomic mass is 10.2. The Morgan fingerprint density at radius 2 is 1.82 bits per heavy atom. The molecule has 0 atom stereocenters. The van der Waals surface area contributed by atoms with E-state index in [1.54, 1.807) is 6.08 Å². The molecule has 0 bridgehead atoms. The van der Waals surface area contributed by atoms with Gasteiger partial charge in [-0.2, -0.15) is 0 Å². The maximum absolute atomic E-state index is 14.0. The van der Waals surface area contributed by atoms with E-state index in [2.05, 4.69) is 0 Å². The number of nitrogens with zero attached hydrogens (tertiary/aromatic N) is 2. The average molecular weight is 413 g/mol. The van der Waals surface area contributed by atoms with Crippen LogP contribution in [0.5, 0.6) is 0 Å². The number of carbonyl (C=O) groups is 2. The Morgan fingerprint density at radius 3 is 2.57 bits per heavy atom. The fraction of sp³-hybridized carbons (Fsp3) is 0.0476. The predicted octanol–water partition coefficient (Wildman–Crippen LogP) is 5.51. The molecule has 28 heavy (non-hydrogen) atoms.